The average molecular weight is 329 g/mol. The fourth-order valence-electron chi connectivity index (χ4n) is 3.79. The van der Waals surface area contributed by atoms with Gasteiger partial charge in [0.05, 0.1) is 18.3 Å². The van der Waals surface area contributed by atoms with Crippen LogP contribution in [-0.4, -0.2) is 52.5 Å². The Morgan fingerprint density at radius 3 is 3.17 bits per heavy atom. The molecule has 0 saturated carbocycles. The van der Waals surface area contributed by atoms with E-state index >= 15 is 0 Å². The summed E-state index contributed by atoms with van der Waals surface area (Å²) in [7, 11) is 1.77. The van der Waals surface area contributed by atoms with Gasteiger partial charge in [0.1, 0.15) is 5.82 Å². The molecular weight excluding hydrogens is 306 g/mol. The largest absolute Gasteiger partial charge is 0.378 e. The summed E-state index contributed by atoms with van der Waals surface area (Å²) >= 11 is 0. The van der Waals surface area contributed by atoms with E-state index in [0.29, 0.717) is 12.0 Å². The highest BCUT2D eigenvalue weighted by molar-refractivity contribution is 5.43. The molecule has 3 atom stereocenters. The number of ether oxygens (including phenoxy) is 1. The van der Waals surface area contributed by atoms with E-state index in [4.69, 9.17) is 10.5 Å². The van der Waals surface area contributed by atoms with Gasteiger partial charge in [-0.1, -0.05) is 0 Å². The summed E-state index contributed by atoms with van der Waals surface area (Å²) in [5, 5.41) is 11.1. The summed E-state index contributed by atoms with van der Waals surface area (Å²) in [5.41, 5.74) is 8.26. The molecule has 8 nitrogen and oxygen atoms in total. The van der Waals surface area contributed by atoms with E-state index < -0.39 is 0 Å². The molecule has 1 aliphatic heterocycles. The third-order valence-corrected chi connectivity index (χ3v) is 5.01. The van der Waals surface area contributed by atoms with E-state index in [0.717, 1.165) is 31.7 Å². The number of aromatic nitrogens is 4. The van der Waals surface area contributed by atoms with Crippen LogP contribution >= 0.6 is 0 Å². The van der Waals surface area contributed by atoms with E-state index in [-0.39, 0.29) is 12.1 Å². The molecule has 1 fully saturated rings. The lowest BCUT2D eigenvalue weighted by atomic mass is 9.92. The van der Waals surface area contributed by atoms with Crippen LogP contribution in [0.25, 0.3) is 0 Å². The molecule has 1 saturated heterocycles. The quantitative estimate of drug-likeness (QED) is 0.756. The van der Waals surface area contributed by atoms with Crippen LogP contribution in [0, 0.1) is 0 Å². The van der Waals surface area contributed by atoms with Crippen molar-refractivity contribution in [3.8, 4) is 0 Å². The highest BCUT2D eigenvalue weighted by Gasteiger charge is 2.36. The number of nitrogens with zero attached hydrogens (tertiary/aromatic N) is 4. The lowest BCUT2D eigenvalue weighted by Crippen LogP contribution is -2.43. The Balaban J connectivity index is 1.49. The zero-order chi connectivity index (χ0) is 16.5. The molecular formula is C16H23N7O. The summed E-state index contributed by atoms with van der Waals surface area (Å²) in [5.74, 6) is 1.15. The zero-order valence-corrected chi connectivity index (χ0v) is 13.8. The Kier molecular flexibility index (Phi) is 4.07. The number of hydrogen-bond donors (Lipinski definition) is 3. The first-order valence-electron chi connectivity index (χ1n) is 8.39. The van der Waals surface area contributed by atoms with Gasteiger partial charge in [-0.05, 0) is 25.3 Å². The zero-order valence-electron chi connectivity index (χ0n) is 13.8. The van der Waals surface area contributed by atoms with Gasteiger partial charge in [0, 0.05) is 43.7 Å². The Morgan fingerprint density at radius 2 is 2.33 bits per heavy atom. The van der Waals surface area contributed by atoms with Gasteiger partial charge in [-0.25, -0.2) is 4.98 Å². The first kappa shape index (κ1) is 15.3. The number of anilines is 2. The number of nitrogens with one attached hydrogen (secondary N) is 2. The van der Waals surface area contributed by atoms with Crippen molar-refractivity contribution in [3.63, 3.8) is 0 Å². The molecule has 0 aromatic carbocycles. The van der Waals surface area contributed by atoms with Crippen LogP contribution in [0.4, 0.5) is 11.8 Å². The second kappa shape index (κ2) is 6.37. The van der Waals surface area contributed by atoms with Gasteiger partial charge in [-0.3, -0.25) is 5.10 Å². The molecule has 4 N–H and O–H groups in total. The van der Waals surface area contributed by atoms with E-state index in [1.165, 1.54) is 17.7 Å². The van der Waals surface area contributed by atoms with Crippen LogP contribution in [0.5, 0.6) is 0 Å². The average Bonchev–Trinajstić information content (AvgIpc) is 3.22. The Morgan fingerprint density at radius 1 is 1.42 bits per heavy atom. The van der Waals surface area contributed by atoms with E-state index in [1.54, 1.807) is 13.3 Å². The maximum absolute atomic E-state index is 5.71. The number of nitrogen functional groups attached to an aromatic ring is 1. The van der Waals surface area contributed by atoms with Crippen LogP contribution < -0.4 is 16.0 Å². The number of aromatic amines is 1. The number of methoxy groups -OCH3 is 1. The fourth-order valence-corrected chi connectivity index (χ4v) is 3.79. The van der Waals surface area contributed by atoms with Gasteiger partial charge in [0.2, 0.25) is 5.95 Å². The smallest absolute Gasteiger partial charge is 0.221 e. The van der Waals surface area contributed by atoms with Gasteiger partial charge in [0.15, 0.2) is 0 Å². The van der Waals surface area contributed by atoms with Crippen LogP contribution in [0.15, 0.2) is 18.5 Å². The predicted molar refractivity (Wildman–Crippen MR) is 90.6 cm³/mol. The predicted octanol–water partition coefficient (Wildman–Crippen LogP) is 0.653. The van der Waals surface area contributed by atoms with Gasteiger partial charge in [-0.2, -0.15) is 10.1 Å². The van der Waals surface area contributed by atoms with Crippen molar-refractivity contribution >= 4 is 11.8 Å². The number of hydrogen-bond acceptors (Lipinski definition) is 7. The molecule has 2 aromatic heterocycles. The van der Waals surface area contributed by atoms with Gasteiger partial charge in [-0.15, -0.1) is 0 Å². The third-order valence-electron chi connectivity index (χ3n) is 5.01. The molecule has 1 unspecified atom stereocenters. The summed E-state index contributed by atoms with van der Waals surface area (Å²) in [6.07, 6.45) is 7.13. The number of nitrogens with two attached hydrogens (primary N) is 1. The van der Waals surface area contributed by atoms with E-state index in [2.05, 4.69) is 30.4 Å². The van der Waals surface area contributed by atoms with Crippen molar-refractivity contribution in [3.05, 3.63) is 29.7 Å². The maximum atomic E-state index is 5.71. The summed E-state index contributed by atoms with van der Waals surface area (Å²) in [4.78, 5) is 10.5. The molecule has 2 aromatic rings. The molecule has 3 heterocycles. The molecule has 8 heteroatoms. The molecule has 4 rings (SSSR count). The minimum atomic E-state index is 0.110. The standard InChI is InChI=1S/C16H23N7O/c1-24-14-9-23(15-5-6-18-16(17)21-15)8-13(14)20-11-3-2-4-12-10(11)7-19-22-12/h5-7,11,13-14,20H,2-4,8-9H2,1H3,(H,19,22)(H2,17,18,21)/t11?,13-,14+/m0/s1. The molecule has 0 radical (unpaired) electrons. The summed E-state index contributed by atoms with van der Waals surface area (Å²) in [6, 6.07) is 2.45. The normalized spacial score (nSPS) is 26.5. The Bertz CT molecular complexity index is 703. The van der Waals surface area contributed by atoms with Crippen molar-refractivity contribution in [2.45, 2.75) is 37.5 Å². The lowest BCUT2D eigenvalue weighted by molar-refractivity contribution is 0.0921. The Hall–Kier alpha value is -2.19. The number of aryl methyl sites for hydroxylation is 1. The van der Waals surface area contributed by atoms with Crippen molar-refractivity contribution in [2.24, 2.45) is 0 Å². The van der Waals surface area contributed by atoms with Crippen LogP contribution in [-0.2, 0) is 11.2 Å². The van der Waals surface area contributed by atoms with Crippen molar-refractivity contribution in [1.82, 2.24) is 25.5 Å². The van der Waals surface area contributed by atoms with Gasteiger partial charge >= 0.3 is 0 Å². The summed E-state index contributed by atoms with van der Waals surface area (Å²) < 4.78 is 5.71. The number of rotatable bonds is 4. The molecule has 0 spiro atoms. The minimum absolute atomic E-state index is 0.110. The van der Waals surface area contributed by atoms with Crippen LogP contribution in [0.3, 0.4) is 0 Å². The Labute approximate surface area is 140 Å². The SMILES string of the molecule is CO[C@@H]1CN(c2ccnc(N)n2)C[C@@H]1NC1CCCc2[nH]ncc21. The van der Waals surface area contributed by atoms with Crippen molar-refractivity contribution in [2.75, 3.05) is 30.8 Å². The molecule has 0 bridgehead atoms. The first-order chi connectivity index (χ1) is 11.7. The highest BCUT2D eigenvalue weighted by Crippen LogP contribution is 2.30. The molecule has 128 valence electrons. The van der Waals surface area contributed by atoms with Gasteiger partial charge in [0.25, 0.3) is 0 Å². The molecule has 0 amide bonds. The third kappa shape index (κ3) is 2.83. The fraction of sp³-hybridized carbons (Fsp3) is 0.562. The second-order valence-corrected chi connectivity index (χ2v) is 6.47. The van der Waals surface area contributed by atoms with E-state index in [1.807, 2.05) is 12.3 Å². The van der Waals surface area contributed by atoms with Crippen LogP contribution in [0.1, 0.15) is 30.1 Å². The van der Waals surface area contributed by atoms with Crippen LogP contribution in [0.2, 0.25) is 0 Å². The van der Waals surface area contributed by atoms with Gasteiger partial charge < -0.3 is 20.7 Å². The number of H-pyrrole nitrogens is 1. The monoisotopic (exact) mass is 329 g/mol. The van der Waals surface area contributed by atoms with Crippen molar-refractivity contribution in [1.29, 1.82) is 0 Å². The molecule has 1 aliphatic carbocycles. The maximum Gasteiger partial charge on any atom is 0.221 e. The molecule has 24 heavy (non-hydrogen) atoms. The molecule has 2 aliphatic rings. The second-order valence-electron chi connectivity index (χ2n) is 6.47. The number of fused-ring (bicyclic) bond motifs is 1. The summed E-state index contributed by atoms with van der Waals surface area (Å²) in [6.45, 7) is 1.62. The minimum Gasteiger partial charge on any atom is -0.378 e. The van der Waals surface area contributed by atoms with E-state index in [9.17, 15) is 0 Å². The topological polar surface area (TPSA) is 105 Å². The first-order valence-corrected chi connectivity index (χ1v) is 8.39. The lowest BCUT2D eigenvalue weighted by Gasteiger charge is -2.28. The van der Waals surface area contributed by atoms with Crippen molar-refractivity contribution < 1.29 is 4.74 Å². The highest BCUT2D eigenvalue weighted by atomic mass is 16.5.